The molecule has 0 bridgehead atoms. The van der Waals surface area contributed by atoms with Crippen molar-refractivity contribution in [2.45, 2.75) is 52.2 Å². The zero-order valence-electron chi connectivity index (χ0n) is 11.4. The van der Waals surface area contributed by atoms with Crippen LogP contribution in [0, 0.1) is 5.41 Å². The van der Waals surface area contributed by atoms with Crippen molar-refractivity contribution in [1.82, 2.24) is 5.32 Å². The fourth-order valence-corrected chi connectivity index (χ4v) is 2.81. The monoisotopic (exact) mass is 229 g/mol. The first-order valence-electron chi connectivity index (χ1n) is 6.32. The molecule has 0 amide bonds. The highest BCUT2D eigenvalue weighted by Gasteiger charge is 2.45. The van der Waals surface area contributed by atoms with Gasteiger partial charge in [-0.05, 0) is 12.0 Å². The Morgan fingerprint density at radius 1 is 1.31 bits per heavy atom. The lowest BCUT2D eigenvalue weighted by atomic mass is 9.72. The lowest BCUT2D eigenvalue weighted by molar-refractivity contribution is -0.128. The van der Waals surface area contributed by atoms with Crippen LogP contribution in [0.1, 0.15) is 40.5 Å². The van der Waals surface area contributed by atoms with E-state index in [9.17, 15) is 0 Å². The molecule has 1 N–H and O–H groups in total. The van der Waals surface area contributed by atoms with Crippen LogP contribution in [-0.4, -0.2) is 38.5 Å². The average Bonchev–Trinajstić information content (AvgIpc) is 2.25. The molecule has 3 nitrogen and oxygen atoms in total. The van der Waals surface area contributed by atoms with E-state index in [0.29, 0.717) is 6.04 Å². The predicted molar refractivity (Wildman–Crippen MR) is 66.7 cm³/mol. The van der Waals surface area contributed by atoms with Gasteiger partial charge >= 0.3 is 0 Å². The fraction of sp³-hybridized carbons (Fsp3) is 1.00. The van der Waals surface area contributed by atoms with Crippen LogP contribution >= 0.6 is 0 Å². The number of methoxy groups -OCH3 is 1. The van der Waals surface area contributed by atoms with Gasteiger partial charge in [-0.15, -0.1) is 0 Å². The van der Waals surface area contributed by atoms with Crippen molar-refractivity contribution in [2.75, 3.05) is 26.9 Å². The first-order valence-corrected chi connectivity index (χ1v) is 6.32. The Kier molecular flexibility index (Phi) is 4.77. The summed E-state index contributed by atoms with van der Waals surface area (Å²) in [5.41, 5.74) is 0.135. The molecule has 96 valence electrons. The summed E-state index contributed by atoms with van der Waals surface area (Å²) in [7, 11) is 1.83. The van der Waals surface area contributed by atoms with Crippen LogP contribution in [0.4, 0.5) is 0 Å². The van der Waals surface area contributed by atoms with Crippen LogP contribution in [0.15, 0.2) is 0 Å². The van der Waals surface area contributed by atoms with E-state index in [-0.39, 0.29) is 11.0 Å². The van der Waals surface area contributed by atoms with Gasteiger partial charge in [0.15, 0.2) is 0 Å². The highest BCUT2D eigenvalue weighted by molar-refractivity contribution is 5.00. The molecule has 0 aromatic carbocycles. The van der Waals surface area contributed by atoms with Crippen LogP contribution in [-0.2, 0) is 9.47 Å². The van der Waals surface area contributed by atoms with Crippen molar-refractivity contribution >= 4 is 0 Å². The van der Waals surface area contributed by atoms with Crippen LogP contribution in [0.3, 0.4) is 0 Å². The first-order chi connectivity index (χ1) is 7.46. The van der Waals surface area contributed by atoms with E-state index in [4.69, 9.17) is 9.47 Å². The van der Waals surface area contributed by atoms with Gasteiger partial charge in [-0.3, -0.25) is 0 Å². The molecule has 3 heteroatoms. The van der Waals surface area contributed by atoms with E-state index in [1.54, 1.807) is 0 Å². The van der Waals surface area contributed by atoms with Crippen LogP contribution in [0.25, 0.3) is 0 Å². The molecule has 1 rings (SSSR count). The number of hydrogen-bond donors (Lipinski definition) is 1. The molecule has 1 aliphatic heterocycles. The second-order valence-electron chi connectivity index (χ2n) is 5.74. The average molecular weight is 229 g/mol. The van der Waals surface area contributed by atoms with Gasteiger partial charge in [0.05, 0.1) is 5.60 Å². The minimum absolute atomic E-state index is 0.0630. The molecule has 0 saturated carbocycles. The van der Waals surface area contributed by atoms with E-state index >= 15 is 0 Å². The molecule has 1 aliphatic rings. The summed E-state index contributed by atoms with van der Waals surface area (Å²) in [6.07, 6.45) is 1.97. The summed E-state index contributed by atoms with van der Waals surface area (Å²) in [5.74, 6) is 0. The molecule has 0 spiro atoms. The van der Waals surface area contributed by atoms with Gasteiger partial charge in [0.25, 0.3) is 0 Å². The molecule has 0 aliphatic carbocycles. The third-order valence-corrected chi connectivity index (χ3v) is 3.55. The molecular formula is C13H27NO2. The maximum atomic E-state index is 5.88. The van der Waals surface area contributed by atoms with E-state index in [2.05, 4.69) is 33.0 Å². The molecule has 1 saturated heterocycles. The summed E-state index contributed by atoms with van der Waals surface area (Å²) in [5, 5.41) is 3.60. The Bertz CT molecular complexity index is 204. The van der Waals surface area contributed by atoms with Gasteiger partial charge in [-0.1, -0.05) is 27.7 Å². The number of hydrogen-bond acceptors (Lipinski definition) is 3. The number of ether oxygens (including phenoxy) is 2. The normalized spacial score (nSPS) is 23.1. The van der Waals surface area contributed by atoms with E-state index in [1.807, 2.05) is 7.11 Å². The van der Waals surface area contributed by atoms with Crippen LogP contribution < -0.4 is 5.32 Å². The van der Waals surface area contributed by atoms with Crippen LogP contribution in [0.5, 0.6) is 0 Å². The summed E-state index contributed by atoms with van der Waals surface area (Å²) in [6, 6.07) is 0.374. The molecule has 16 heavy (non-hydrogen) atoms. The van der Waals surface area contributed by atoms with Crippen molar-refractivity contribution in [2.24, 2.45) is 5.41 Å². The maximum Gasteiger partial charge on any atom is 0.0879 e. The van der Waals surface area contributed by atoms with E-state index < -0.39 is 0 Å². The van der Waals surface area contributed by atoms with Crippen molar-refractivity contribution in [3.8, 4) is 0 Å². The Hall–Kier alpha value is -0.120. The Morgan fingerprint density at radius 3 is 2.25 bits per heavy atom. The Labute approximate surface area is 99.9 Å². The largest absolute Gasteiger partial charge is 0.381 e. The third-order valence-electron chi connectivity index (χ3n) is 3.55. The molecule has 0 radical (unpaired) electrons. The van der Waals surface area contributed by atoms with Gasteiger partial charge in [-0.2, -0.15) is 0 Å². The number of likely N-dealkylation sites (N-methyl/N-ethyl adjacent to an activating group) is 1. The SMILES string of the molecule is CCNC(C(C)(C)C)C1(OC)CCOCC1. The number of nitrogens with one attached hydrogen (secondary N) is 1. The van der Waals surface area contributed by atoms with Crippen LogP contribution in [0.2, 0.25) is 0 Å². The van der Waals surface area contributed by atoms with Crippen molar-refractivity contribution in [1.29, 1.82) is 0 Å². The zero-order chi connectivity index (χ0) is 12.2. The topological polar surface area (TPSA) is 30.5 Å². The quantitative estimate of drug-likeness (QED) is 0.801. The van der Waals surface area contributed by atoms with Gasteiger partial charge in [-0.25, -0.2) is 0 Å². The molecule has 1 unspecified atom stereocenters. The van der Waals surface area contributed by atoms with Gasteiger partial charge in [0.1, 0.15) is 0 Å². The lowest BCUT2D eigenvalue weighted by Gasteiger charge is -2.48. The highest BCUT2D eigenvalue weighted by Crippen LogP contribution is 2.37. The van der Waals surface area contributed by atoms with Gasteiger partial charge < -0.3 is 14.8 Å². The second kappa shape index (κ2) is 5.48. The number of rotatable bonds is 4. The van der Waals surface area contributed by atoms with Gasteiger partial charge in [0.2, 0.25) is 0 Å². The van der Waals surface area contributed by atoms with E-state index in [0.717, 1.165) is 32.6 Å². The second-order valence-corrected chi connectivity index (χ2v) is 5.74. The van der Waals surface area contributed by atoms with Crippen molar-refractivity contribution in [3.63, 3.8) is 0 Å². The zero-order valence-corrected chi connectivity index (χ0v) is 11.4. The summed E-state index contributed by atoms with van der Waals surface area (Å²) < 4.78 is 11.3. The highest BCUT2D eigenvalue weighted by atomic mass is 16.5. The molecule has 1 fully saturated rings. The molecule has 0 aromatic heterocycles. The molecule has 1 heterocycles. The minimum Gasteiger partial charge on any atom is -0.381 e. The lowest BCUT2D eigenvalue weighted by Crippen LogP contribution is -2.60. The van der Waals surface area contributed by atoms with E-state index in [1.165, 1.54) is 0 Å². The maximum absolute atomic E-state index is 5.88. The molecular weight excluding hydrogens is 202 g/mol. The van der Waals surface area contributed by atoms with Crippen molar-refractivity contribution in [3.05, 3.63) is 0 Å². The Morgan fingerprint density at radius 2 is 1.88 bits per heavy atom. The third kappa shape index (κ3) is 2.96. The minimum atomic E-state index is -0.0630. The standard InChI is InChI=1S/C13H27NO2/c1-6-14-11(12(2,3)4)13(15-5)7-9-16-10-8-13/h11,14H,6-10H2,1-5H3. The first kappa shape index (κ1) is 13.9. The summed E-state index contributed by atoms with van der Waals surface area (Å²) in [6.45, 7) is 11.6. The van der Waals surface area contributed by atoms with Crippen molar-refractivity contribution < 1.29 is 9.47 Å². The van der Waals surface area contributed by atoms with Gasteiger partial charge in [0, 0.05) is 39.2 Å². The summed E-state index contributed by atoms with van der Waals surface area (Å²) >= 11 is 0. The Balaban J connectivity index is 2.87. The predicted octanol–water partition coefficient (Wildman–Crippen LogP) is 2.21. The fourth-order valence-electron chi connectivity index (χ4n) is 2.81. The molecule has 1 atom stereocenters. The summed E-state index contributed by atoms with van der Waals surface area (Å²) in [4.78, 5) is 0. The smallest absolute Gasteiger partial charge is 0.0879 e. The molecule has 0 aromatic rings.